The first-order valence-corrected chi connectivity index (χ1v) is 17.2. The number of carbonyl (C=O) groups is 1. The number of carbonyl (C=O) groups excluding carboxylic acids is 1. The highest BCUT2D eigenvalue weighted by Gasteiger charge is 2.42. The van der Waals surface area contributed by atoms with Crippen molar-refractivity contribution in [3.63, 3.8) is 0 Å². The fourth-order valence-electron chi connectivity index (χ4n) is 6.71. The van der Waals surface area contributed by atoms with Crippen LogP contribution in [-0.4, -0.2) is 74.1 Å². The average molecular weight is 642 g/mol. The van der Waals surface area contributed by atoms with E-state index in [-0.39, 0.29) is 60.3 Å². The lowest BCUT2D eigenvalue weighted by molar-refractivity contribution is -0.271. The van der Waals surface area contributed by atoms with Crippen molar-refractivity contribution in [3.05, 3.63) is 24.3 Å². The van der Waals surface area contributed by atoms with Crippen LogP contribution in [0.2, 0.25) is 0 Å². The van der Waals surface area contributed by atoms with Crippen molar-refractivity contribution in [2.45, 2.75) is 144 Å². The number of rotatable bonds is 22. The zero-order valence-electron chi connectivity index (χ0n) is 29.9. The number of allylic oxidation sites excluding steroid dienone is 2. The van der Waals surface area contributed by atoms with Gasteiger partial charge in [-0.05, 0) is 32.1 Å². The van der Waals surface area contributed by atoms with E-state index in [1.807, 2.05) is 32.9 Å². The molecule has 0 aliphatic carbocycles. The Morgan fingerprint density at radius 3 is 2.18 bits per heavy atom. The van der Waals surface area contributed by atoms with Gasteiger partial charge in [0.05, 0.1) is 24.4 Å². The van der Waals surface area contributed by atoms with Gasteiger partial charge in [-0.1, -0.05) is 99.0 Å². The molecule has 0 unspecified atom stereocenters. The lowest BCUT2D eigenvalue weighted by atomic mass is 9.74. The number of hydrogen-bond donors (Lipinski definition) is 3. The Morgan fingerprint density at radius 2 is 1.62 bits per heavy atom. The molecule has 264 valence electrons. The molecule has 9 heteroatoms. The first-order chi connectivity index (χ1) is 21.2. The van der Waals surface area contributed by atoms with E-state index in [0.29, 0.717) is 12.8 Å². The molecule has 11 atom stereocenters. The summed E-state index contributed by atoms with van der Waals surface area (Å²) in [6.07, 6.45) is 12.4. The normalized spacial score (nSPS) is 26.9. The zero-order valence-corrected chi connectivity index (χ0v) is 29.9. The summed E-state index contributed by atoms with van der Waals surface area (Å²) in [6, 6.07) is 0. The fourth-order valence-corrected chi connectivity index (χ4v) is 6.71. The summed E-state index contributed by atoms with van der Waals surface area (Å²) in [7, 11) is 3.29. The summed E-state index contributed by atoms with van der Waals surface area (Å²) >= 11 is 0. The molecule has 0 aromatic carbocycles. The zero-order chi connectivity index (χ0) is 34.2. The predicted octanol–water partition coefficient (Wildman–Crippen LogP) is 6.99. The van der Waals surface area contributed by atoms with E-state index >= 15 is 0 Å². The van der Waals surface area contributed by atoms with Crippen molar-refractivity contribution >= 4 is 6.09 Å². The van der Waals surface area contributed by atoms with Crippen LogP contribution in [0.3, 0.4) is 0 Å². The molecule has 9 nitrogen and oxygen atoms in total. The van der Waals surface area contributed by atoms with Gasteiger partial charge in [0.2, 0.25) is 0 Å². The van der Waals surface area contributed by atoms with Crippen LogP contribution >= 0.6 is 0 Å². The van der Waals surface area contributed by atoms with Crippen molar-refractivity contribution in [2.75, 3.05) is 21.0 Å². The smallest absolute Gasteiger partial charge is 0.404 e. The standard InChI is InChI=1S/C36H67NO8/c1-11-12-17-22-36(7,8)33(45-35(37)40)26(4)29(38)20-15-13-18-24(2)31(39)25(3)19-14-16-21-30-27(5)32(43-23-41-9)28(6)34(42-10)44-30/h13-14,18-19,24-34,38-39H,11-12,15-17,20-23H2,1-10H3,(H2,37,40)/b18-13-,19-14-/t24-,25-,26-,27+,28+,29+,30-,31+,32-,33+,34+/m0/s1. The summed E-state index contributed by atoms with van der Waals surface area (Å²) in [5, 5.41) is 21.9. The molecule has 45 heavy (non-hydrogen) atoms. The number of amides is 1. The molecule has 1 heterocycles. The second-order valence-corrected chi connectivity index (χ2v) is 14.0. The second-order valence-electron chi connectivity index (χ2n) is 14.0. The van der Waals surface area contributed by atoms with Gasteiger partial charge in [-0.15, -0.1) is 0 Å². The highest BCUT2D eigenvalue weighted by molar-refractivity contribution is 5.64. The Balaban J connectivity index is 2.60. The maximum absolute atomic E-state index is 11.7. The summed E-state index contributed by atoms with van der Waals surface area (Å²) in [6.45, 7) is 16.7. The van der Waals surface area contributed by atoms with Crippen LogP contribution in [0, 0.1) is 35.0 Å². The topological polar surface area (TPSA) is 130 Å². The fraction of sp³-hybridized carbons (Fsp3) is 0.861. The van der Waals surface area contributed by atoms with E-state index in [9.17, 15) is 15.0 Å². The largest absolute Gasteiger partial charge is 0.445 e. The molecule has 1 aliphatic heterocycles. The van der Waals surface area contributed by atoms with E-state index in [1.54, 1.807) is 14.2 Å². The SMILES string of the molecule is CCCCCC(C)(C)[C@H](OC(N)=O)[C@@H](C)[C@H](O)CC/C=C\[C@H](C)[C@@H](O)[C@@H](C)/C=C\CC[C@@H]1O[C@@H](OC)[C@H](C)[C@@H](OCOC)[C@@H]1C. The number of unbranched alkanes of at least 4 members (excludes halogenated alkanes) is 2. The van der Waals surface area contributed by atoms with Gasteiger partial charge in [-0.25, -0.2) is 4.79 Å². The summed E-state index contributed by atoms with van der Waals surface area (Å²) in [5.74, 6) is -0.0320. The molecule has 4 N–H and O–H groups in total. The third kappa shape index (κ3) is 14.0. The van der Waals surface area contributed by atoms with Crippen LogP contribution < -0.4 is 5.73 Å². The molecule has 1 saturated heterocycles. The Labute approximate surface area is 274 Å². The van der Waals surface area contributed by atoms with Crippen LogP contribution in [0.15, 0.2) is 24.3 Å². The van der Waals surface area contributed by atoms with Gasteiger partial charge in [0.25, 0.3) is 0 Å². The monoisotopic (exact) mass is 641 g/mol. The van der Waals surface area contributed by atoms with E-state index in [2.05, 4.69) is 46.8 Å². The Hall–Kier alpha value is -1.49. The van der Waals surface area contributed by atoms with Crippen LogP contribution in [-0.2, 0) is 23.7 Å². The van der Waals surface area contributed by atoms with E-state index in [1.165, 1.54) is 0 Å². The van der Waals surface area contributed by atoms with Gasteiger partial charge < -0.3 is 39.6 Å². The number of hydrogen-bond acceptors (Lipinski definition) is 8. The van der Waals surface area contributed by atoms with Crippen molar-refractivity contribution in [1.82, 2.24) is 0 Å². The molecule has 0 radical (unpaired) electrons. The van der Waals surface area contributed by atoms with Crippen molar-refractivity contribution in [1.29, 1.82) is 0 Å². The summed E-state index contributed by atoms with van der Waals surface area (Å²) in [5.41, 5.74) is 5.11. The maximum Gasteiger partial charge on any atom is 0.404 e. The average Bonchev–Trinajstić information content (AvgIpc) is 2.99. The molecular formula is C36H67NO8. The molecule has 1 rings (SSSR count). The first-order valence-electron chi connectivity index (χ1n) is 17.2. The third-order valence-corrected chi connectivity index (χ3v) is 9.70. The molecule has 1 amide bonds. The lowest BCUT2D eigenvalue weighted by Crippen LogP contribution is -2.50. The van der Waals surface area contributed by atoms with E-state index < -0.39 is 24.4 Å². The van der Waals surface area contributed by atoms with E-state index in [0.717, 1.165) is 38.5 Å². The third-order valence-electron chi connectivity index (χ3n) is 9.70. The van der Waals surface area contributed by atoms with Crippen molar-refractivity contribution < 1.29 is 38.7 Å². The van der Waals surface area contributed by atoms with Gasteiger partial charge >= 0.3 is 6.09 Å². The number of nitrogens with two attached hydrogens (primary N) is 1. The molecule has 1 aliphatic rings. The number of primary amides is 1. The van der Waals surface area contributed by atoms with Crippen LogP contribution in [0.4, 0.5) is 4.79 Å². The van der Waals surface area contributed by atoms with E-state index in [4.69, 9.17) is 29.4 Å². The number of methoxy groups -OCH3 is 2. The van der Waals surface area contributed by atoms with Gasteiger partial charge in [0, 0.05) is 49.2 Å². The quantitative estimate of drug-likeness (QED) is 0.0655. The minimum absolute atomic E-state index is 0.00239. The van der Waals surface area contributed by atoms with Crippen molar-refractivity contribution in [3.8, 4) is 0 Å². The Bertz CT molecular complexity index is 864. The molecule has 0 aromatic rings. The van der Waals surface area contributed by atoms with Crippen LogP contribution in [0.25, 0.3) is 0 Å². The molecule has 0 saturated carbocycles. The second kappa shape index (κ2) is 21.4. The minimum atomic E-state index is -0.805. The minimum Gasteiger partial charge on any atom is -0.445 e. The maximum atomic E-state index is 11.7. The summed E-state index contributed by atoms with van der Waals surface area (Å²) in [4.78, 5) is 11.7. The van der Waals surface area contributed by atoms with Gasteiger partial charge in [0.15, 0.2) is 6.29 Å². The highest BCUT2D eigenvalue weighted by Crippen LogP contribution is 2.37. The Morgan fingerprint density at radius 1 is 1.00 bits per heavy atom. The molecule has 0 spiro atoms. The molecule has 0 aromatic heterocycles. The lowest BCUT2D eigenvalue weighted by Gasteiger charge is -2.43. The molecule has 0 bridgehead atoms. The molecular weight excluding hydrogens is 574 g/mol. The Kier molecular flexibility index (Phi) is 19.7. The van der Waals surface area contributed by atoms with Gasteiger partial charge in [-0.3, -0.25) is 0 Å². The number of ether oxygens (including phenoxy) is 5. The van der Waals surface area contributed by atoms with Crippen LogP contribution in [0.1, 0.15) is 107 Å². The van der Waals surface area contributed by atoms with Crippen LogP contribution in [0.5, 0.6) is 0 Å². The first kappa shape index (κ1) is 41.5. The van der Waals surface area contributed by atoms with Gasteiger partial charge in [-0.2, -0.15) is 0 Å². The summed E-state index contributed by atoms with van der Waals surface area (Å²) < 4.78 is 28.5. The predicted molar refractivity (Wildman–Crippen MR) is 179 cm³/mol. The number of aliphatic hydroxyl groups excluding tert-OH is 2. The highest BCUT2D eigenvalue weighted by atomic mass is 16.7. The molecule has 1 fully saturated rings. The van der Waals surface area contributed by atoms with Gasteiger partial charge in [0.1, 0.15) is 12.9 Å². The van der Waals surface area contributed by atoms with Crippen molar-refractivity contribution in [2.24, 2.45) is 40.7 Å². The number of aliphatic hydroxyl groups is 2.